The molecule has 3 aromatic carbocycles. The van der Waals surface area contributed by atoms with E-state index < -0.39 is 26.9 Å². The van der Waals surface area contributed by atoms with Crippen LogP contribution < -0.4 is 9.64 Å². The molecule has 0 saturated carbocycles. The third kappa shape index (κ3) is 3.89. The largest absolute Gasteiger partial charge is 0.457 e. The molecule has 148 valence electrons. The number of nitrogens with zero attached hydrogens (tertiary/aromatic N) is 1. The minimum atomic E-state index is -3.64. The number of benzene rings is 3. The Hall–Kier alpha value is -3.12. The van der Waals surface area contributed by atoms with Gasteiger partial charge in [0.2, 0.25) is 5.91 Å². The van der Waals surface area contributed by atoms with Crippen LogP contribution in [0.5, 0.6) is 11.5 Å². The fourth-order valence-corrected chi connectivity index (χ4v) is 5.24. The molecule has 3 aromatic rings. The van der Waals surface area contributed by atoms with E-state index in [1.54, 1.807) is 36.4 Å². The summed E-state index contributed by atoms with van der Waals surface area (Å²) in [7, 11) is -3.64. The van der Waals surface area contributed by atoms with Gasteiger partial charge in [-0.2, -0.15) is 0 Å². The average molecular weight is 407 g/mol. The maximum absolute atomic E-state index is 12.8. The molecule has 5 nitrogen and oxygen atoms in total. The maximum atomic E-state index is 12.8. The second kappa shape index (κ2) is 7.72. The lowest BCUT2D eigenvalue weighted by Crippen LogP contribution is -2.29. The number of hydrogen-bond acceptors (Lipinski definition) is 4. The van der Waals surface area contributed by atoms with Crippen LogP contribution in [0.25, 0.3) is 0 Å². The number of amides is 1. The van der Waals surface area contributed by atoms with Crippen LogP contribution in [0, 0.1) is 0 Å². The molecule has 1 aliphatic rings. The van der Waals surface area contributed by atoms with Crippen molar-refractivity contribution in [1.82, 2.24) is 0 Å². The van der Waals surface area contributed by atoms with E-state index in [1.807, 2.05) is 49.4 Å². The van der Waals surface area contributed by atoms with Gasteiger partial charge in [-0.15, -0.1) is 0 Å². The number of hydrogen-bond donors (Lipinski definition) is 0. The van der Waals surface area contributed by atoms with Gasteiger partial charge in [0, 0.05) is 5.69 Å². The molecule has 1 atom stereocenters. The van der Waals surface area contributed by atoms with Crippen LogP contribution >= 0.6 is 0 Å². The van der Waals surface area contributed by atoms with Gasteiger partial charge in [-0.05, 0) is 53.9 Å². The van der Waals surface area contributed by atoms with Gasteiger partial charge in [0.05, 0.1) is 0 Å². The van der Waals surface area contributed by atoms with Crippen LogP contribution in [0.15, 0.2) is 78.9 Å². The van der Waals surface area contributed by atoms with Gasteiger partial charge in [0.15, 0.2) is 15.2 Å². The van der Waals surface area contributed by atoms with Gasteiger partial charge in [-0.25, -0.2) is 8.42 Å². The first-order chi connectivity index (χ1) is 14.0. The molecule has 1 saturated heterocycles. The molecule has 0 N–H and O–H groups in total. The van der Waals surface area contributed by atoms with Crippen LogP contribution in [0.3, 0.4) is 0 Å². The van der Waals surface area contributed by atoms with Crippen LogP contribution in [0.1, 0.15) is 23.4 Å². The molecule has 0 spiro atoms. The van der Waals surface area contributed by atoms with Crippen molar-refractivity contribution in [2.75, 3.05) is 10.7 Å². The number of sulfone groups is 1. The number of ether oxygens (including phenoxy) is 1. The van der Waals surface area contributed by atoms with Crippen molar-refractivity contribution in [3.05, 3.63) is 90.0 Å². The smallest absolute Gasteiger partial charge is 0.243 e. The molecule has 0 radical (unpaired) electrons. The van der Waals surface area contributed by atoms with Gasteiger partial charge in [0.25, 0.3) is 0 Å². The van der Waals surface area contributed by atoms with Crippen molar-refractivity contribution >= 4 is 21.4 Å². The summed E-state index contributed by atoms with van der Waals surface area (Å²) >= 11 is 0. The fraction of sp³-hybridized carbons (Fsp3) is 0.174. The highest BCUT2D eigenvalue weighted by molar-refractivity contribution is 7.93. The van der Waals surface area contributed by atoms with E-state index in [9.17, 15) is 13.2 Å². The Bertz CT molecular complexity index is 1110. The van der Waals surface area contributed by atoms with Crippen molar-refractivity contribution < 1.29 is 17.9 Å². The number of rotatable bonds is 5. The minimum Gasteiger partial charge on any atom is -0.457 e. The van der Waals surface area contributed by atoms with Crippen molar-refractivity contribution in [3.63, 3.8) is 0 Å². The van der Waals surface area contributed by atoms with E-state index in [-0.39, 0.29) is 0 Å². The predicted octanol–water partition coefficient (Wildman–Crippen LogP) is 4.50. The standard InChI is InChI=1S/C23H21NO4S/c1-2-17-8-12-19(13-9-17)24-22(25)16-29(26,27)23(24)18-10-14-21(15-11-18)28-20-6-4-3-5-7-20/h3-15,23H,2,16H2,1H3. The van der Waals surface area contributed by atoms with Crippen LogP contribution in [0.4, 0.5) is 5.69 Å². The zero-order chi connectivity index (χ0) is 20.4. The third-order valence-corrected chi connectivity index (χ3v) is 6.75. The first kappa shape index (κ1) is 19.2. The van der Waals surface area contributed by atoms with Gasteiger partial charge in [-0.1, -0.05) is 49.4 Å². The summed E-state index contributed by atoms with van der Waals surface area (Å²) in [6.07, 6.45) is 0.874. The van der Waals surface area contributed by atoms with E-state index >= 15 is 0 Å². The van der Waals surface area contributed by atoms with Gasteiger partial charge >= 0.3 is 0 Å². The van der Waals surface area contributed by atoms with Crippen LogP contribution in [-0.4, -0.2) is 20.1 Å². The molecule has 1 amide bonds. The molecule has 1 aliphatic heterocycles. The number of aryl methyl sites for hydroxylation is 1. The first-order valence-corrected chi connectivity index (χ1v) is 11.1. The predicted molar refractivity (Wildman–Crippen MR) is 113 cm³/mol. The number of anilines is 1. The third-order valence-electron chi connectivity index (χ3n) is 4.93. The molecule has 1 heterocycles. The van der Waals surface area contributed by atoms with Crippen LogP contribution in [0.2, 0.25) is 0 Å². The highest BCUT2D eigenvalue weighted by Gasteiger charge is 2.45. The van der Waals surface area contributed by atoms with E-state index in [0.717, 1.165) is 12.0 Å². The molecular formula is C23H21NO4S. The van der Waals surface area contributed by atoms with E-state index in [1.165, 1.54) is 4.90 Å². The lowest BCUT2D eigenvalue weighted by atomic mass is 10.1. The van der Waals surface area contributed by atoms with Gasteiger partial charge in [0.1, 0.15) is 17.3 Å². The summed E-state index contributed by atoms with van der Waals surface area (Å²) in [5.41, 5.74) is 2.25. The maximum Gasteiger partial charge on any atom is 0.243 e. The van der Waals surface area contributed by atoms with Crippen molar-refractivity contribution in [2.24, 2.45) is 0 Å². The minimum absolute atomic E-state index is 0.413. The summed E-state index contributed by atoms with van der Waals surface area (Å²) in [5, 5.41) is -1.03. The summed E-state index contributed by atoms with van der Waals surface area (Å²) in [5.74, 6) is 0.390. The Morgan fingerprint density at radius 2 is 1.52 bits per heavy atom. The highest BCUT2D eigenvalue weighted by Crippen LogP contribution is 2.38. The first-order valence-electron chi connectivity index (χ1n) is 9.43. The molecule has 29 heavy (non-hydrogen) atoms. The Balaban J connectivity index is 1.65. The molecule has 6 heteroatoms. The Morgan fingerprint density at radius 3 is 2.14 bits per heavy atom. The zero-order valence-corrected chi connectivity index (χ0v) is 16.8. The molecule has 0 aromatic heterocycles. The molecule has 0 bridgehead atoms. The zero-order valence-electron chi connectivity index (χ0n) is 16.0. The SMILES string of the molecule is CCc1ccc(N2C(=O)CS(=O)(=O)C2c2ccc(Oc3ccccc3)cc2)cc1. The van der Waals surface area contributed by atoms with Crippen LogP contribution in [-0.2, 0) is 21.1 Å². The molecular weight excluding hydrogens is 386 g/mol. The number of para-hydroxylation sites is 1. The Morgan fingerprint density at radius 1 is 0.897 bits per heavy atom. The highest BCUT2D eigenvalue weighted by atomic mass is 32.2. The summed E-state index contributed by atoms with van der Waals surface area (Å²) < 4.78 is 31.3. The van der Waals surface area contributed by atoms with Crippen molar-refractivity contribution in [2.45, 2.75) is 18.7 Å². The second-order valence-corrected chi connectivity index (χ2v) is 8.99. The van der Waals surface area contributed by atoms with E-state index in [0.29, 0.717) is 22.7 Å². The van der Waals surface area contributed by atoms with E-state index in [4.69, 9.17) is 4.74 Å². The normalized spacial score (nSPS) is 18.0. The number of carbonyl (C=O) groups excluding carboxylic acids is 1. The monoisotopic (exact) mass is 407 g/mol. The second-order valence-electron chi connectivity index (χ2n) is 6.93. The average Bonchev–Trinajstić information content (AvgIpc) is 2.97. The van der Waals surface area contributed by atoms with E-state index in [2.05, 4.69) is 0 Å². The topological polar surface area (TPSA) is 63.7 Å². The van der Waals surface area contributed by atoms with Gasteiger partial charge in [-0.3, -0.25) is 9.69 Å². The molecule has 0 aliphatic carbocycles. The quantitative estimate of drug-likeness (QED) is 0.625. The van der Waals surface area contributed by atoms with Crippen molar-refractivity contribution in [3.8, 4) is 11.5 Å². The number of carbonyl (C=O) groups is 1. The molecule has 1 unspecified atom stereocenters. The Kier molecular flexibility index (Phi) is 5.11. The van der Waals surface area contributed by atoms with Gasteiger partial charge < -0.3 is 4.74 Å². The summed E-state index contributed by atoms with van der Waals surface area (Å²) in [4.78, 5) is 13.9. The molecule has 4 rings (SSSR count). The Labute approximate surface area is 170 Å². The fourth-order valence-electron chi connectivity index (χ4n) is 3.47. The molecule has 1 fully saturated rings. The summed E-state index contributed by atoms with van der Waals surface area (Å²) in [6, 6.07) is 23.6. The lowest BCUT2D eigenvalue weighted by molar-refractivity contribution is -0.115. The van der Waals surface area contributed by atoms with Crippen molar-refractivity contribution in [1.29, 1.82) is 0 Å². The summed E-state index contributed by atoms with van der Waals surface area (Å²) in [6.45, 7) is 2.04. The lowest BCUT2D eigenvalue weighted by Gasteiger charge is -2.24.